The molecule has 280 valence electrons. The number of carboxylic acid groups (broad SMARTS) is 2. The summed E-state index contributed by atoms with van der Waals surface area (Å²) in [5, 5.41) is 30.0. The van der Waals surface area contributed by atoms with Crippen molar-refractivity contribution in [2.45, 2.75) is 194 Å². The lowest BCUT2D eigenvalue weighted by Crippen LogP contribution is -1.98. The van der Waals surface area contributed by atoms with Gasteiger partial charge in [-0.15, -0.1) is 0 Å². The molecule has 0 atom stereocenters. The molecule has 0 aliphatic heterocycles. The van der Waals surface area contributed by atoms with E-state index in [0.717, 1.165) is 13.2 Å². The quantitative estimate of drug-likeness (QED) is 0.0396. The summed E-state index contributed by atoms with van der Waals surface area (Å²) in [5.74, 6) is -2.38. The molecule has 0 saturated heterocycles. The Morgan fingerprint density at radius 3 is 0.851 bits per heavy atom. The monoisotopic (exact) mass is 671 g/mol. The van der Waals surface area contributed by atoms with E-state index in [2.05, 4.69) is 38.2 Å². The van der Waals surface area contributed by atoms with Gasteiger partial charge in [0, 0.05) is 13.2 Å². The number of hydrogen-bond donors (Lipinski definition) is 4. The van der Waals surface area contributed by atoms with Crippen LogP contribution in [0.15, 0.2) is 24.3 Å². The van der Waals surface area contributed by atoms with E-state index >= 15 is 0 Å². The van der Waals surface area contributed by atoms with E-state index in [1.807, 2.05) is 0 Å². The highest BCUT2D eigenvalue weighted by atomic mass is 16.5. The highest BCUT2D eigenvalue weighted by Gasteiger charge is 1.95. The first kappa shape index (κ1) is 49.7. The second-order valence-corrected chi connectivity index (χ2v) is 12.6. The van der Waals surface area contributed by atoms with Crippen molar-refractivity contribution in [1.82, 2.24) is 0 Å². The van der Waals surface area contributed by atoms with E-state index in [1.165, 1.54) is 180 Å². The lowest BCUT2D eigenvalue weighted by molar-refractivity contribution is -0.141. The SMILES string of the molecule is CCCCCCCC/C=C\CCCCCCCCOCCCCCCCC/C=C\CCCCCCCC.O=C(O)CO.O=C(O)CO. The first-order chi connectivity index (χ1) is 23.0. The largest absolute Gasteiger partial charge is 0.480 e. The molecule has 0 heterocycles. The van der Waals surface area contributed by atoms with Crippen LogP contribution < -0.4 is 0 Å². The van der Waals surface area contributed by atoms with Crippen molar-refractivity contribution in [2.75, 3.05) is 26.4 Å². The zero-order chi connectivity index (χ0) is 35.3. The second-order valence-electron chi connectivity index (χ2n) is 12.6. The van der Waals surface area contributed by atoms with Gasteiger partial charge in [-0.3, -0.25) is 0 Å². The maximum absolute atomic E-state index is 9.12. The lowest BCUT2D eigenvalue weighted by atomic mass is 10.1. The van der Waals surface area contributed by atoms with Crippen LogP contribution in [-0.4, -0.2) is 58.8 Å². The Morgan fingerprint density at radius 1 is 0.404 bits per heavy atom. The number of aliphatic hydroxyl groups excluding tert-OH is 2. The highest BCUT2D eigenvalue weighted by molar-refractivity contribution is 5.67. The minimum atomic E-state index is -1.19. The summed E-state index contributed by atoms with van der Waals surface area (Å²) in [7, 11) is 0. The smallest absolute Gasteiger partial charge is 0.329 e. The predicted octanol–water partition coefficient (Wildman–Crippen LogP) is 11.2. The average molecular weight is 671 g/mol. The molecule has 47 heavy (non-hydrogen) atoms. The van der Waals surface area contributed by atoms with Gasteiger partial charge >= 0.3 is 11.9 Å². The van der Waals surface area contributed by atoms with Gasteiger partial charge in [0.25, 0.3) is 0 Å². The number of rotatable bonds is 34. The van der Waals surface area contributed by atoms with Crippen molar-refractivity contribution in [3.8, 4) is 0 Å². The predicted molar refractivity (Wildman–Crippen MR) is 199 cm³/mol. The molecule has 7 heteroatoms. The van der Waals surface area contributed by atoms with Crippen LogP contribution in [0.25, 0.3) is 0 Å². The van der Waals surface area contributed by atoms with Gasteiger partial charge in [0.05, 0.1) is 0 Å². The van der Waals surface area contributed by atoms with Gasteiger partial charge in [-0.2, -0.15) is 0 Å². The van der Waals surface area contributed by atoms with Crippen LogP contribution in [0.5, 0.6) is 0 Å². The highest BCUT2D eigenvalue weighted by Crippen LogP contribution is 2.12. The fourth-order valence-electron chi connectivity index (χ4n) is 5.01. The normalized spacial score (nSPS) is 11.0. The summed E-state index contributed by atoms with van der Waals surface area (Å²) < 4.78 is 5.85. The summed E-state index contributed by atoms with van der Waals surface area (Å²) in [6.07, 6.45) is 48.1. The number of unbranched alkanes of at least 4 members (excludes halogenated alkanes) is 24. The molecule has 0 aliphatic rings. The van der Waals surface area contributed by atoms with Crippen LogP contribution in [0.3, 0.4) is 0 Å². The molecule has 0 aromatic rings. The summed E-state index contributed by atoms with van der Waals surface area (Å²) >= 11 is 0. The van der Waals surface area contributed by atoms with Crippen LogP contribution in [0.4, 0.5) is 0 Å². The Hall–Kier alpha value is -1.70. The van der Waals surface area contributed by atoms with Crippen molar-refractivity contribution < 1.29 is 34.8 Å². The second kappa shape index (κ2) is 48.7. The molecule has 0 spiro atoms. The Labute approximate surface area is 290 Å². The molecule has 0 saturated carbocycles. The van der Waals surface area contributed by atoms with Crippen LogP contribution in [0.1, 0.15) is 194 Å². The molecule has 0 radical (unpaired) electrons. The molecule has 0 amide bonds. The number of ether oxygens (including phenoxy) is 1. The van der Waals surface area contributed by atoms with Gasteiger partial charge in [-0.25, -0.2) is 9.59 Å². The van der Waals surface area contributed by atoms with E-state index in [1.54, 1.807) is 0 Å². The van der Waals surface area contributed by atoms with Crippen molar-refractivity contribution in [3.63, 3.8) is 0 Å². The Morgan fingerprint density at radius 2 is 0.617 bits per heavy atom. The Bertz CT molecular complexity index is 594. The van der Waals surface area contributed by atoms with Crippen LogP contribution in [0, 0.1) is 0 Å². The van der Waals surface area contributed by atoms with Crippen molar-refractivity contribution in [3.05, 3.63) is 24.3 Å². The van der Waals surface area contributed by atoms with Crippen molar-refractivity contribution in [1.29, 1.82) is 0 Å². The molecule has 0 rings (SSSR count). The van der Waals surface area contributed by atoms with E-state index < -0.39 is 25.2 Å². The van der Waals surface area contributed by atoms with Gasteiger partial charge in [0.2, 0.25) is 0 Å². The molecular weight excluding hydrogens is 592 g/mol. The molecule has 7 nitrogen and oxygen atoms in total. The number of aliphatic carboxylic acids is 2. The number of allylic oxidation sites excluding steroid dienone is 4. The molecule has 0 bridgehead atoms. The van der Waals surface area contributed by atoms with Crippen molar-refractivity contribution in [2.24, 2.45) is 0 Å². The van der Waals surface area contributed by atoms with Gasteiger partial charge in [-0.05, 0) is 64.2 Å². The van der Waals surface area contributed by atoms with Crippen molar-refractivity contribution >= 4 is 11.9 Å². The maximum Gasteiger partial charge on any atom is 0.329 e. The molecule has 0 unspecified atom stereocenters. The zero-order valence-corrected chi connectivity index (χ0v) is 31.0. The molecule has 0 aliphatic carbocycles. The fraction of sp³-hybridized carbons (Fsp3) is 0.850. The number of aliphatic hydroxyl groups is 2. The minimum absolute atomic E-state index is 0.778. The number of carbonyl (C=O) groups is 2. The van der Waals surface area contributed by atoms with E-state index in [9.17, 15) is 0 Å². The molecule has 0 aromatic carbocycles. The van der Waals surface area contributed by atoms with Gasteiger partial charge in [0.1, 0.15) is 13.2 Å². The Balaban J connectivity index is -0.00000167. The molecule has 0 fully saturated rings. The summed E-state index contributed by atoms with van der Waals surface area (Å²) in [4.78, 5) is 18.2. The summed E-state index contributed by atoms with van der Waals surface area (Å²) in [5.41, 5.74) is 0. The lowest BCUT2D eigenvalue weighted by Gasteiger charge is -2.05. The molecule has 4 N–H and O–H groups in total. The van der Waals surface area contributed by atoms with Gasteiger partial charge in [-0.1, -0.05) is 154 Å². The Kier molecular flexibility index (Phi) is 51.5. The van der Waals surface area contributed by atoms with E-state index in [4.69, 9.17) is 34.8 Å². The summed E-state index contributed by atoms with van der Waals surface area (Å²) in [6.45, 7) is 4.98. The maximum atomic E-state index is 9.12. The first-order valence-electron chi connectivity index (χ1n) is 19.5. The van der Waals surface area contributed by atoms with E-state index in [0.29, 0.717) is 0 Å². The third-order valence-corrected chi connectivity index (χ3v) is 7.87. The third kappa shape index (κ3) is 60.2. The topological polar surface area (TPSA) is 124 Å². The number of carboxylic acids is 2. The number of hydrogen-bond acceptors (Lipinski definition) is 5. The van der Waals surface area contributed by atoms with Crippen LogP contribution in [0.2, 0.25) is 0 Å². The molecular formula is C40H78O7. The van der Waals surface area contributed by atoms with E-state index in [-0.39, 0.29) is 0 Å². The van der Waals surface area contributed by atoms with Gasteiger partial charge in [0.15, 0.2) is 0 Å². The fourth-order valence-corrected chi connectivity index (χ4v) is 5.01. The van der Waals surface area contributed by atoms with Crippen LogP contribution in [-0.2, 0) is 14.3 Å². The third-order valence-electron chi connectivity index (χ3n) is 7.87. The molecule has 0 aromatic heterocycles. The average Bonchev–Trinajstić information content (AvgIpc) is 3.07. The summed E-state index contributed by atoms with van der Waals surface area (Å²) in [6, 6.07) is 0. The van der Waals surface area contributed by atoms with Gasteiger partial charge < -0.3 is 25.2 Å². The zero-order valence-electron chi connectivity index (χ0n) is 31.0. The standard InChI is InChI=1S/C36H70O.2C2H4O3/c1-3-5-7-9-11-13-15-17-19-21-23-25-27-29-31-33-35-37-36-34-32-30-28-26-24-22-20-18-16-14-12-10-8-6-4-2;2*3-1-2(4)5/h17-20H,3-16,21-36H2,1-2H3;2*3H,1H2,(H,4,5)/b19-17-,20-18-;;. The minimum Gasteiger partial charge on any atom is -0.480 e. The van der Waals surface area contributed by atoms with Crippen LogP contribution >= 0.6 is 0 Å². The first-order valence-corrected chi connectivity index (χ1v) is 19.5.